The number of rotatable bonds is 5. The molecule has 0 saturated heterocycles. The van der Waals surface area contributed by atoms with Crippen LogP contribution in [0, 0.1) is 17.3 Å². The van der Waals surface area contributed by atoms with Gasteiger partial charge in [-0.1, -0.05) is 52.7 Å². The Balaban J connectivity index is 2.37. The SMILES string of the molecule is CCCC(C)(C)C(C)C/C=C1/CC1C. The molecule has 82 valence electrons. The van der Waals surface area contributed by atoms with Gasteiger partial charge in [0.25, 0.3) is 0 Å². The lowest BCUT2D eigenvalue weighted by molar-refractivity contribution is 0.211. The van der Waals surface area contributed by atoms with Gasteiger partial charge in [0.2, 0.25) is 0 Å². The maximum atomic E-state index is 2.49. The van der Waals surface area contributed by atoms with Gasteiger partial charge in [-0.25, -0.2) is 0 Å². The van der Waals surface area contributed by atoms with Crippen molar-refractivity contribution in [3.8, 4) is 0 Å². The van der Waals surface area contributed by atoms with E-state index >= 15 is 0 Å². The van der Waals surface area contributed by atoms with Gasteiger partial charge in [0.15, 0.2) is 0 Å². The first-order valence-electron chi connectivity index (χ1n) is 6.16. The molecule has 0 nitrogen and oxygen atoms in total. The summed E-state index contributed by atoms with van der Waals surface area (Å²) in [5.74, 6) is 1.72. The second-order valence-electron chi connectivity index (χ2n) is 5.76. The summed E-state index contributed by atoms with van der Waals surface area (Å²) in [6, 6.07) is 0. The molecule has 1 rings (SSSR count). The average molecular weight is 194 g/mol. The Morgan fingerprint density at radius 2 is 2.07 bits per heavy atom. The molecule has 14 heavy (non-hydrogen) atoms. The Labute approximate surface area is 89.8 Å². The Hall–Kier alpha value is -0.260. The monoisotopic (exact) mass is 194 g/mol. The molecule has 0 amide bonds. The molecule has 2 unspecified atom stereocenters. The van der Waals surface area contributed by atoms with Gasteiger partial charge in [-0.2, -0.15) is 0 Å². The van der Waals surface area contributed by atoms with Crippen LogP contribution < -0.4 is 0 Å². The molecule has 1 aliphatic rings. The van der Waals surface area contributed by atoms with E-state index in [1.165, 1.54) is 25.7 Å². The van der Waals surface area contributed by atoms with Crippen LogP contribution in [0.15, 0.2) is 11.6 Å². The fourth-order valence-electron chi connectivity index (χ4n) is 2.12. The van der Waals surface area contributed by atoms with Gasteiger partial charge in [-0.15, -0.1) is 0 Å². The molecule has 0 heteroatoms. The Morgan fingerprint density at radius 1 is 1.50 bits per heavy atom. The summed E-state index contributed by atoms with van der Waals surface area (Å²) in [6.07, 6.45) is 7.80. The molecule has 0 radical (unpaired) electrons. The van der Waals surface area contributed by atoms with Gasteiger partial charge in [0.05, 0.1) is 0 Å². The first-order valence-corrected chi connectivity index (χ1v) is 6.16. The van der Waals surface area contributed by atoms with E-state index in [1.807, 2.05) is 0 Å². The summed E-state index contributed by atoms with van der Waals surface area (Å²) in [5.41, 5.74) is 2.22. The summed E-state index contributed by atoms with van der Waals surface area (Å²) in [5, 5.41) is 0. The van der Waals surface area contributed by atoms with Crippen LogP contribution >= 0.6 is 0 Å². The van der Waals surface area contributed by atoms with E-state index in [4.69, 9.17) is 0 Å². The van der Waals surface area contributed by atoms with Crippen molar-refractivity contribution in [3.63, 3.8) is 0 Å². The minimum absolute atomic E-state index is 0.518. The lowest BCUT2D eigenvalue weighted by Gasteiger charge is -2.31. The molecular formula is C14H26. The van der Waals surface area contributed by atoms with Crippen LogP contribution in [0.5, 0.6) is 0 Å². The van der Waals surface area contributed by atoms with Gasteiger partial charge >= 0.3 is 0 Å². The van der Waals surface area contributed by atoms with Crippen molar-refractivity contribution in [2.24, 2.45) is 17.3 Å². The summed E-state index contributed by atoms with van der Waals surface area (Å²) >= 11 is 0. The molecule has 0 aromatic heterocycles. The lowest BCUT2D eigenvalue weighted by Crippen LogP contribution is -2.20. The zero-order chi connectivity index (χ0) is 10.8. The Kier molecular flexibility index (Phi) is 3.80. The molecule has 2 atom stereocenters. The first-order chi connectivity index (χ1) is 6.47. The van der Waals surface area contributed by atoms with Gasteiger partial charge < -0.3 is 0 Å². The average Bonchev–Trinajstić information content (AvgIpc) is 2.77. The Bertz CT molecular complexity index is 210. The predicted octanol–water partition coefficient (Wildman–Crippen LogP) is 4.81. The second-order valence-corrected chi connectivity index (χ2v) is 5.76. The molecule has 0 aromatic rings. The van der Waals surface area contributed by atoms with E-state index in [2.05, 4.69) is 40.7 Å². The molecule has 1 aliphatic carbocycles. The van der Waals surface area contributed by atoms with Crippen molar-refractivity contribution >= 4 is 0 Å². The number of allylic oxidation sites excluding steroid dienone is 2. The van der Waals surface area contributed by atoms with Crippen LogP contribution in [-0.4, -0.2) is 0 Å². The fraction of sp³-hybridized carbons (Fsp3) is 0.857. The van der Waals surface area contributed by atoms with E-state index in [9.17, 15) is 0 Å². The molecule has 1 fully saturated rings. The van der Waals surface area contributed by atoms with Crippen molar-refractivity contribution < 1.29 is 0 Å². The molecule has 0 spiro atoms. The summed E-state index contributed by atoms with van der Waals surface area (Å²) in [7, 11) is 0. The molecule has 1 saturated carbocycles. The van der Waals surface area contributed by atoms with E-state index in [0.717, 1.165) is 11.8 Å². The first kappa shape index (κ1) is 11.8. The normalized spacial score (nSPS) is 26.6. The zero-order valence-corrected chi connectivity index (χ0v) is 10.6. The van der Waals surface area contributed by atoms with Crippen LogP contribution in [0.4, 0.5) is 0 Å². The van der Waals surface area contributed by atoms with Crippen molar-refractivity contribution in [1.29, 1.82) is 0 Å². The maximum absolute atomic E-state index is 2.49. The van der Waals surface area contributed by atoms with E-state index in [1.54, 1.807) is 5.57 Å². The van der Waals surface area contributed by atoms with Crippen molar-refractivity contribution in [1.82, 2.24) is 0 Å². The van der Waals surface area contributed by atoms with E-state index in [-0.39, 0.29) is 0 Å². The van der Waals surface area contributed by atoms with E-state index < -0.39 is 0 Å². The summed E-state index contributed by atoms with van der Waals surface area (Å²) in [4.78, 5) is 0. The predicted molar refractivity (Wildman–Crippen MR) is 64.3 cm³/mol. The van der Waals surface area contributed by atoms with Crippen LogP contribution in [0.25, 0.3) is 0 Å². The van der Waals surface area contributed by atoms with Gasteiger partial charge in [0.1, 0.15) is 0 Å². The Morgan fingerprint density at radius 3 is 2.50 bits per heavy atom. The van der Waals surface area contributed by atoms with Crippen molar-refractivity contribution in [2.45, 2.75) is 60.3 Å². The maximum Gasteiger partial charge on any atom is -0.0194 e. The van der Waals surface area contributed by atoms with E-state index in [0.29, 0.717) is 5.41 Å². The largest absolute Gasteiger partial charge is 0.0847 e. The van der Waals surface area contributed by atoms with Crippen LogP contribution in [0.3, 0.4) is 0 Å². The quantitative estimate of drug-likeness (QED) is 0.551. The topological polar surface area (TPSA) is 0 Å². The lowest BCUT2D eigenvalue weighted by atomic mass is 9.75. The third-order valence-corrected chi connectivity index (χ3v) is 3.98. The molecule has 0 aliphatic heterocycles. The number of hydrogen-bond donors (Lipinski definition) is 0. The highest BCUT2D eigenvalue weighted by Gasteiger charge is 2.27. The van der Waals surface area contributed by atoms with Crippen molar-refractivity contribution in [3.05, 3.63) is 11.6 Å². The standard InChI is InChI=1S/C14H26/c1-6-9-14(4,5)12(3)7-8-13-10-11(13)2/h8,11-12H,6-7,9-10H2,1-5H3/b13-8-. The highest BCUT2D eigenvalue weighted by atomic mass is 14.3. The minimum atomic E-state index is 0.518. The molecule has 0 bridgehead atoms. The van der Waals surface area contributed by atoms with Gasteiger partial charge in [-0.05, 0) is 36.5 Å². The van der Waals surface area contributed by atoms with Crippen LogP contribution in [-0.2, 0) is 0 Å². The van der Waals surface area contributed by atoms with Crippen LogP contribution in [0.1, 0.15) is 60.3 Å². The minimum Gasteiger partial charge on any atom is -0.0847 e. The van der Waals surface area contributed by atoms with Crippen molar-refractivity contribution in [2.75, 3.05) is 0 Å². The second kappa shape index (κ2) is 4.51. The smallest absolute Gasteiger partial charge is 0.0194 e. The van der Waals surface area contributed by atoms with Gasteiger partial charge in [-0.3, -0.25) is 0 Å². The summed E-state index contributed by atoms with van der Waals surface area (Å²) in [6.45, 7) is 11.8. The highest BCUT2D eigenvalue weighted by molar-refractivity contribution is 5.21. The van der Waals surface area contributed by atoms with Gasteiger partial charge in [0, 0.05) is 0 Å². The third kappa shape index (κ3) is 3.15. The fourth-order valence-corrected chi connectivity index (χ4v) is 2.12. The zero-order valence-electron chi connectivity index (χ0n) is 10.6. The van der Waals surface area contributed by atoms with Crippen LogP contribution in [0.2, 0.25) is 0 Å². The molecule has 0 aromatic carbocycles. The molecule has 0 N–H and O–H groups in total. The highest BCUT2D eigenvalue weighted by Crippen LogP contribution is 2.40. The third-order valence-electron chi connectivity index (χ3n) is 3.98. The molecular weight excluding hydrogens is 168 g/mol. The number of hydrogen-bond acceptors (Lipinski definition) is 0. The molecule has 0 heterocycles. The summed E-state index contributed by atoms with van der Waals surface area (Å²) < 4.78 is 0.